The van der Waals surface area contributed by atoms with Crippen molar-refractivity contribution in [1.29, 1.82) is 0 Å². The molecule has 30 heavy (non-hydrogen) atoms. The molecule has 1 aliphatic rings. The molecule has 2 aromatic rings. The third-order valence-electron chi connectivity index (χ3n) is 3.86. The number of amides is 2. The van der Waals surface area contributed by atoms with E-state index in [-0.39, 0.29) is 27.2 Å². The molecule has 6 nitrogen and oxygen atoms in total. The Balaban J connectivity index is 1.81. The molecule has 0 saturated carbocycles. The molecule has 0 radical (unpaired) electrons. The minimum Gasteiger partial charge on any atom is -0.479 e. The summed E-state index contributed by atoms with van der Waals surface area (Å²) >= 11 is 24.9. The number of carboxylic acids is 1. The van der Waals surface area contributed by atoms with Gasteiger partial charge in [0.05, 0.1) is 31.5 Å². The molecule has 11 heteroatoms. The number of thioether (sulfide) groups is 1. The summed E-state index contributed by atoms with van der Waals surface area (Å²) in [6.45, 7) is -0.561. The predicted octanol–water partition coefficient (Wildman–Crippen LogP) is 6.00. The molecule has 0 bridgehead atoms. The zero-order chi connectivity index (χ0) is 22.0. The molecular weight excluding hydrogens is 496 g/mol. The van der Waals surface area contributed by atoms with E-state index in [0.29, 0.717) is 21.2 Å². The summed E-state index contributed by atoms with van der Waals surface area (Å²) in [6, 6.07) is 7.77. The van der Waals surface area contributed by atoms with Gasteiger partial charge < -0.3 is 9.84 Å². The molecule has 0 aliphatic carbocycles. The van der Waals surface area contributed by atoms with Crippen LogP contribution < -0.4 is 4.74 Å². The largest absolute Gasteiger partial charge is 0.479 e. The third kappa shape index (κ3) is 5.22. The van der Waals surface area contributed by atoms with E-state index in [9.17, 15) is 14.4 Å². The fourth-order valence-corrected chi connectivity index (χ4v) is 4.31. The van der Waals surface area contributed by atoms with Gasteiger partial charge in [-0.2, -0.15) is 0 Å². The molecule has 0 aromatic heterocycles. The summed E-state index contributed by atoms with van der Waals surface area (Å²) in [6.07, 6.45) is 1.47. The SMILES string of the molecule is O=C(O)COc1c(Cl)cc(/C=C2\SC(=O)N(Cc3ccc(Cl)c(Cl)c3)C2=O)cc1Cl. The lowest BCUT2D eigenvalue weighted by atomic mass is 10.2. The number of aliphatic carboxylic acids is 1. The van der Waals surface area contributed by atoms with E-state index < -0.39 is 23.7 Å². The molecule has 2 amide bonds. The van der Waals surface area contributed by atoms with Crippen molar-refractivity contribution in [3.05, 3.63) is 66.5 Å². The molecule has 1 saturated heterocycles. The van der Waals surface area contributed by atoms with E-state index in [1.165, 1.54) is 18.2 Å². The highest BCUT2D eigenvalue weighted by Gasteiger charge is 2.35. The average molecular weight is 507 g/mol. The number of imide groups is 1. The van der Waals surface area contributed by atoms with Crippen molar-refractivity contribution < 1.29 is 24.2 Å². The second kappa shape index (κ2) is 9.49. The van der Waals surface area contributed by atoms with Gasteiger partial charge in [0.15, 0.2) is 12.4 Å². The molecule has 156 valence electrons. The van der Waals surface area contributed by atoms with Crippen molar-refractivity contribution >= 4 is 81.4 Å². The number of halogens is 4. The Labute approximate surface area is 195 Å². The van der Waals surface area contributed by atoms with E-state index in [2.05, 4.69) is 0 Å². The van der Waals surface area contributed by atoms with Crippen LogP contribution in [0.25, 0.3) is 6.08 Å². The number of carbonyl (C=O) groups is 3. The second-order valence-corrected chi connectivity index (χ2v) is 8.63. The van der Waals surface area contributed by atoms with Crippen molar-refractivity contribution in [1.82, 2.24) is 4.90 Å². The topological polar surface area (TPSA) is 83.9 Å². The molecule has 0 spiro atoms. The summed E-state index contributed by atoms with van der Waals surface area (Å²) in [7, 11) is 0. The Morgan fingerprint density at radius 3 is 2.30 bits per heavy atom. The maximum absolute atomic E-state index is 12.7. The van der Waals surface area contributed by atoms with Gasteiger partial charge in [0.25, 0.3) is 11.1 Å². The zero-order valence-electron chi connectivity index (χ0n) is 14.8. The van der Waals surface area contributed by atoms with Gasteiger partial charge in [-0.3, -0.25) is 14.5 Å². The van der Waals surface area contributed by atoms with Crippen LogP contribution >= 0.6 is 58.2 Å². The first-order valence-electron chi connectivity index (χ1n) is 8.18. The zero-order valence-corrected chi connectivity index (χ0v) is 18.7. The molecule has 1 aliphatic heterocycles. The second-order valence-electron chi connectivity index (χ2n) is 6.01. The standard InChI is InChI=1S/C19H11Cl4NO5S/c20-11-2-1-9(3-12(11)21)7-24-18(27)15(30-19(24)28)6-10-4-13(22)17(14(23)5-10)29-8-16(25)26/h1-6H,7-8H2,(H,25,26)/b15-6-. The summed E-state index contributed by atoms with van der Waals surface area (Å²) in [5, 5.41) is 9.12. The number of benzene rings is 2. The average Bonchev–Trinajstić information content (AvgIpc) is 2.91. The maximum Gasteiger partial charge on any atom is 0.341 e. The van der Waals surface area contributed by atoms with Crippen LogP contribution in [0.1, 0.15) is 11.1 Å². The van der Waals surface area contributed by atoms with Gasteiger partial charge in [0.2, 0.25) is 0 Å². The first-order chi connectivity index (χ1) is 14.2. The molecule has 2 aromatic carbocycles. The number of rotatable bonds is 6. The van der Waals surface area contributed by atoms with Crippen molar-refractivity contribution in [2.45, 2.75) is 6.54 Å². The Morgan fingerprint density at radius 2 is 1.70 bits per heavy atom. The van der Waals surface area contributed by atoms with Crippen LogP contribution in [0.3, 0.4) is 0 Å². The summed E-state index contributed by atoms with van der Waals surface area (Å²) in [4.78, 5) is 36.9. The maximum atomic E-state index is 12.7. The van der Waals surface area contributed by atoms with Crippen molar-refractivity contribution in [2.24, 2.45) is 0 Å². The number of carboxylic acid groups (broad SMARTS) is 1. The Kier molecular flexibility index (Phi) is 7.21. The number of nitrogens with zero attached hydrogens (tertiary/aromatic N) is 1. The molecule has 1 N–H and O–H groups in total. The first-order valence-corrected chi connectivity index (χ1v) is 10.5. The number of hydrogen-bond donors (Lipinski definition) is 1. The molecule has 1 heterocycles. The number of hydrogen-bond acceptors (Lipinski definition) is 5. The summed E-state index contributed by atoms with van der Waals surface area (Å²) in [5.41, 5.74) is 1.10. The Bertz CT molecular complexity index is 1070. The normalized spacial score (nSPS) is 15.2. The molecule has 0 unspecified atom stereocenters. The quantitative estimate of drug-likeness (QED) is 0.483. The molecular formula is C19H11Cl4NO5S. The van der Waals surface area contributed by atoms with Crippen LogP contribution in [0.2, 0.25) is 20.1 Å². The highest BCUT2D eigenvalue weighted by Crippen LogP contribution is 2.38. The lowest BCUT2D eigenvalue weighted by Crippen LogP contribution is -2.27. The number of carbonyl (C=O) groups excluding carboxylic acids is 2. The smallest absolute Gasteiger partial charge is 0.341 e. The molecule has 1 fully saturated rings. The van der Waals surface area contributed by atoms with Gasteiger partial charge in [0.1, 0.15) is 0 Å². The Hall–Kier alpha value is -1.90. The van der Waals surface area contributed by atoms with Gasteiger partial charge in [0, 0.05) is 0 Å². The van der Waals surface area contributed by atoms with Crippen LogP contribution in [0.15, 0.2) is 35.2 Å². The minimum absolute atomic E-state index is 0.0191. The van der Waals surface area contributed by atoms with Gasteiger partial charge in [-0.25, -0.2) is 4.79 Å². The highest BCUT2D eigenvalue weighted by atomic mass is 35.5. The van der Waals surface area contributed by atoms with Gasteiger partial charge in [-0.1, -0.05) is 52.5 Å². The van der Waals surface area contributed by atoms with E-state index in [0.717, 1.165) is 16.7 Å². The van der Waals surface area contributed by atoms with Gasteiger partial charge in [-0.05, 0) is 53.2 Å². The van der Waals surface area contributed by atoms with E-state index in [1.54, 1.807) is 18.2 Å². The molecule has 0 atom stereocenters. The summed E-state index contributed by atoms with van der Waals surface area (Å²) < 4.78 is 5.05. The van der Waals surface area contributed by atoms with Gasteiger partial charge >= 0.3 is 5.97 Å². The Morgan fingerprint density at radius 1 is 1.03 bits per heavy atom. The van der Waals surface area contributed by atoms with Gasteiger partial charge in [-0.15, -0.1) is 0 Å². The van der Waals surface area contributed by atoms with Crippen LogP contribution in [-0.4, -0.2) is 33.7 Å². The van der Waals surface area contributed by atoms with Crippen molar-refractivity contribution in [3.63, 3.8) is 0 Å². The van der Waals surface area contributed by atoms with E-state index in [4.69, 9.17) is 56.2 Å². The highest BCUT2D eigenvalue weighted by molar-refractivity contribution is 8.18. The van der Waals surface area contributed by atoms with Crippen LogP contribution in [-0.2, 0) is 16.1 Å². The van der Waals surface area contributed by atoms with Crippen LogP contribution in [0, 0.1) is 0 Å². The third-order valence-corrected chi connectivity index (χ3v) is 6.06. The predicted molar refractivity (Wildman–Crippen MR) is 118 cm³/mol. The minimum atomic E-state index is -1.18. The molecule has 3 rings (SSSR count). The fourth-order valence-electron chi connectivity index (χ4n) is 2.54. The summed E-state index contributed by atoms with van der Waals surface area (Å²) in [5.74, 6) is -1.64. The lowest BCUT2D eigenvalue weighted by Gasteiger charge is -2.13. The van der Waals surface area contributed by atoms with Crippen LogP contribution in [0.5, 0.6) is 5.75 Å². The monoisotopic (exact) mass is 505 g/mol. The lowest BCUT2D eigenvalue weighted by molar-refractivity contribution is -0.139. The number of ether oxygens (including phenoxy) is 1. The van der Waals surface area contributed by atoms with E-state index in [1.807, 2.05) is 0 Å². The first kappa shape index (κ1) is 22.8. The van der Waals surface area contributed by atoms with E-state index >= 15 is 0 Å². The van der Waals surface area contributed by atoms with Crippen molar-refractivity contribution in [3.8, 4) is 5.75 Å². The van der Waals surface area contributed by atoms with Crippen LogP contribution in [0.4, 0.5) is 4.79 Å². The van der Waals surface area contributed by atoms with Crippen molar-refractivity contribution in [2.75, 3.05) is 6.61 Å². The fraction of sp³-hybridized carbons (Fsp3) is 0.105.